The van der Waals surface area contributed by atoms with E-state index in [2.05, 4.69) is 0 Å². The van der Waals surface area contributed by atoms with Gasteiger partial charge in [-0.2, -0.15) is 0 Å². The summed E-state index contributed by atoms with van der Waals surface area (Å²) >= 11 is 0. The predicted octanol–water partition coefficient (Wildman–Crippen LogP) is 4.48. The van der Waals surface area contributed by atoms with Crippen molar-refractivity contribution in [2.24, 2.45) is 0 Å². The molecule has 0 aliphatic carbocycles. The van der Waals surface area contributed by atoms with E-state index >= 15 is 0 Å². The maximum atomic E-state index is 8.83. The van der Waals surface area contributed by atoms with E-state index in [-0.39, 0.29) is 308 Å². The van der Waals surface area contributed by atoms with Crippen LogP contribution in [0.25, 0.3) is 0 Å². The van der Waals surface area contributed by atoms with E-state index in [1.807, 2.05) is 332 Å². The van der Waals surface area contributed by atoms with E-state index in [0.29, 0.717) is 0 Å². The molecule has 0 spiro atoms. The topological polar surface area (TPSA) is 524 Å². The van der Waals surface area contributed by atoms with Crippen LogP contribution >= 0.6 is 0 Å². The standard InChI is InChI=1S/12C7H17NO2.4Nd/c12*1-5(2)8(6(3)4)7(9)10;;;;/h12*5-7,9-10H,1-4H3;;;;. The van der Waals surface area contributed by atoms with Crippen LogP contribution in [0.3, 0.4) is 0 Å². The molecule has 760 valence electrons. The van der Waals surface area contributed by atoms with E-state index in [0.717, 1.165) is 0 Å². The molecule has 0 aliphatic heterocycles. The molecule has 0 saturated heterocycles. The van der Waals surface area contributed by atoms with Crippen molar-refractivity contribution in [1.82, 2.24) is 58.8 Å². The van der Waals surface area contributed by atoms with E-state index in [4.69, 9.17) is 123 Å². The first-order valence-corrected chi connectivity index (χ1v) is 43.2. The van der Waals surface area contributed by atoms with Crippen molar-refractivity contribution in [2.45, 2.75) is 554 Å². The molecule has 0 heterocycles. The second-order valence-electron chi connectivity index (χ2n) is 35.8. The molecular formula is C84H204N12Nd4O24. The van der Waals surface area contributed by atoms with Crippen LogP contribution in [0.2, 0.25) is 0 Å². The van der Waals surface area contributed by atoms with E-state index < -0.39 is 77.0 Å². The quantitative estimate of drug-likeness (QED) is 0.0384. The van der Waals surface area contributed by atoms with Crippen molar-refractivity contribution in [1.29, 1.82) is 0 Å². The average molecular weight is 2340 g/mol. The zero-order chi connectivity index (χ0) is 99.7. The Morgan fingerprint density at radius 3 is 0.105 bits per heavy atom. The molecule has 0 amide bonds. The molecule has 0 rings (SSSR count). The fraction of sp³-hybridized carbons (Fsp3) is 1.00. The van der Waals surface area contributed by atoms with Crippen LogP contribution < -0.4 is 0 Å². The minimum Gasteiger partial charge on any atom is -0.356 e. The van der Waals surface area contributed by atoms with Gasteiger partial charge in [0.2, 0.25) is 77.0 Å². The fourth-order valence-corrected chi connectivity index (χ4v) is 13.6. The van der Waals surface area contributed by atoms with Gasteiger partial charge in [-0.3, -0.25) is 58.8 Å². The molecule has 0 aromatic heterocycles. The molecule has 0 saturated carbocycles. The summed E-state index contributed by atoms with van der Waals surface area (Å²) in [5, 5.41) is 212. The third kappa shape index (κ3) is 89.8. The van der Waals surface area contributed by atoms with Gasteiger partial charge in [-0.1, -0.05) is 0 Å². The smallest absolute Gasteiger partial charge is 0.214 e. The molecule has 24 N–H and O–H groups in total. The Morgan fingerprint density at radius 2 is 0.105 bits per heavy atom. The van der Waals surface area contributed by atoms with Crippen molar-refractivity contribution in [2.75, 3.05) is 0 Å². The number of hydrogen-bond donors (Lipinski definition) is 24. The van der Waals surface area contributed by atoms with Crippen LogP contribution in [0.4, 0.5) is 0 Å². The van der Waals surface area contributed by atoms with Crippen LogP contribution in [-0.4, -0.2) is 403 Å². The summed E-state index contributed by atoms with van der Waals surface area (Å²) in [4.78, 5) is 19.3. The van der Waals surface area contributed by atoms with Crippen LogP contribution in [0.15, 0.2) is 0 Å². The Balaban J connectivity index is -0.0000000731. The maximum absolute atomic E-state index is 8.83. The SMILES string of the molecule is CC(C)N(C(C)C)C(O)O.CC(C)N(C(C)C)C(O)O.CC(C)N(C(C)C)C(O)O.CC(C)N(C(C)C)C(O)O.CC(C)N(C(C)C)C(O)O.CC(C)N(C(C)C)C(O)O.CC(C)N(C(C)C)C(O)O.CC(C)N(C(C)C)C(O)O.CC(C)N(C(C)C)C(O)O.CC(C)N(C(C)C)C(O)O.CC(C)N(C(C)C)C(O)O.CC(C)N(C(C)C)C(O)O.[Nd].[Nd].[Nd].[Nd]. The summed E-state index contributed by atoms with van der Waals surface area (Å²) in [7, 11) is 0. The first-order valence-electron chi connectivity index (χ1n) is 43.2. The average Bonchev–Trinajstić information content (AvgIpc) is 1.03. The van der Waals surface area contributed by atoms with Crippen LogP contribution in [0.5, 0.6) is 0 Å². The van der Waals surface area contributed by atoms with Gasteiger partial charge in [0.25, 0.3) is 0 Å². The Hall–Kier alpha value is 3.96. The van der Waals surface area contributed by atoms with Crippen molar-refractivity contribution < 1.29 is 286 Å². The first-order chi connectivity index (χ1) is 53.6. The minimum atomic E-state index is -1.33. The molecule has 36 nitrogen and oxygen atoms in total. The molecular weight excluding hydrogens is 2140 g/mol. The molecule has 40 heteroatoms. The summed E-state index contributed by atoms with van der Waals surface area (Å²) in [6, 6.07) is 4.00. The number of nitrogens with zero attached hydrogens (tertiary/aromatic N) is 12. The van der Waals surface area contributed by atoms with Crippen molar-refractivity contribution in [3.8, 4) is 0 Å². The first kappa shape index (κ1) is 165. The normalized spacial score (nSPS) is 12.2. The summed E-state index contributed by atoms with van der Waals surface area (Å²) in [5.41, 5.74) is 0. The monoisotopic (exact) mass is 2330 g/mol. The van der Waals surface area contributed by atoms with Gasteiger partial charge in [0, 0.05) is 308 Å². The summed E-state index contributed by atoms with van der Waals surface area (Å²) in [5.74, 6) is 0. The minimum absolute atomic E-state index is 0. The van der Waals surface area contributed by atoms with Gasteiger partial charge in [0.05, 0.1) is 0 Å². The second-order valence-corrected chi connectivity index (χ2v) is 35.8. The van der Waals surface area contributed by atoms with Crippen molar-refractivity contribution >= 4 is 0 Å². The van der Waals surface area contributed by atoms with E-state index in [9.17, 15) is 0 Å². The zero-order valence-corrected chi connectivity index (χ0v) is 99.7. The Labute approximate surface area is 888 Å². The van der Waals surface area contributed by atoms with Gasteiger partial charge in [0.1, 0.15) is 0 Å². The number of rotatable bonds is 36. The Morgan fingerprint density at radius 1 is 0.0806 bits per heavy atom. The van der Waals surface area contributed by atoms with E-state index in [1.165, 1.54) is 0 Å². The molecule has 0 bridgehead atoms. The van der Waals surface area contributed by atoms with E-state index in [1.54, 1.807) is 58.8 Å². The van der Waals surface area contributed by atoms with Crippen LogP contribution in [-0.2, 0) is 0 Å². The van der Waals surface area contributed by atoms with Gasteiger partial charge < -0.3 is 123 Å². The van der Waals surface area contributed by atoms with Crippen LogP contribution in [0.1, 0.15) is 332 Å². The molecule has 0 aliphatic rings. The third-order valence-corrected chi connectivity index (χ3v) is 17.5. The molecule has 0 aromatic carbocycles. The van der Waals surface area contributed by atoms with Crippen LogP contribution in [0, 0.1) is 163 Å². The van der Waals surface area contributed by atoms with Gasteiger partial charge >= 0.3 is 0 Å². The Bertz CT molecular complexity index is 1410. The van der Waals surface area contributed by atoms with Crippen molar-refractivity contribution in [3.05, 3.63) is 0 Å². The Kier molecular flexibility index (Phi) is 122. The molecule has 0 radical (unpaired) electrons. The number of hydrogen-bond acceptors (Lipinski definition) is 36. The maximum Gasteiger partial charge on any atom is 0.214 e. The summed E-state index contributed by atoms with van der Waals surface area (Å²) in [6.07, 6.45) is -16.0. The van der Waals surface area contributed by atoms with Gasteiger partial charge in [-0.05, 0) is 332 Å². The molecule has 124 heavy (non-hydrogen) atoms. The molecule has 0 fully saturated rings. The number of aliphatic hydroxyl groups excluding tert-OH is 12. The fourth-order valence-electron chi connectivity index (χ4n) is 13.6. The van der Waals surface area contributed by atoms with Gasteiger partial charge in [-0.25, -0.2) is 0 Å². The second kappa shape index (κ2) is 92.0. The molecule has 0 atom stereocenters. The van der Waals surface area contributed by atoms with Gasteiger partial charge in [-0.15, -0.1) is 0 Å². The molecule has 0 unspecified atom stereocenters. The zero-order valence-electron chi connectivity index (χ0n) is 86.9. The molecule has 0 aromatic rings. The predicted molar refractivity (Wildman–Crippen MR) is 484 cm³/mol. The largest absolute Gasteiger partial charge is 0.356 e. The third-order valence-electron chi connectivity index (χ3n) is 17.5. The van der Waals surface area contributed by atoms with Crippen molar-refractivity contribution in [3.63, 3.8) is 0 Å². The van der Waals surface area contributed by atoms with Gasteiger partial charge in [0.15, 0.2) is 0 Å². The number of aliphatic hydroxyl groups is 24. The summed E-state index contributed by atoms with van der Waals surface area (Å²) in [6.45, 7) is 92.6. The summed E-state index contributed by atoms with van der Waals surface area (Å²) < 4.78 is 0.